The van der Waals surface area contributed by atoms with Crippen molar-refractivity contribution in [2.45, 2.75) is 18.9 Å². The van der Waals surface area contributed by atoms with Crippen molar-refractivity contribution >= 4 is 5.91 Å². The number of likely N-dealkylation sites (tertiary alicyclic amines) is 1. The average Bonchev–Trinajstić information content (AvgIpc) is 3.09. The minimum Gasteiger partial charge on any atom is -0.477 e. The summed E-state index contributed by atoms with van der Waals surface area (Å²) in [6.45, 7) is 1.18. The molecule has 1 aliphatic heterocycles. The van der Waals surface area contributed by atoms with Crippen LogP contribution in [-0.2, 0) is 0 Å². The van der Waals surface area contributed by atoms with E-state index in [1.807, 2.05) is 0 Å². The zero-order valence-corrected chi connectivity index (χ0v) is 12.3. The number of carbonyl (C=O) groups is 1. The topological polar surface area (TPSA) is 77.7 Å². The monoisotopic (exact) mass is 303 g/mol. The molecule has 0 saturated carbocycles. The van der Waals surface area contributed by atoms with Gasteiger partial charge in [0.05, 0.1) is 19.9 Å². The second-order valence-electron chi connectivity index (χ2n) is 4.98. The van der Waals surface area contributed by atoms with Gasteiger partial charge in [0.2, 0.25) is 0 Å². The molecular weight excluding hydrogens is 286 g/mol. The van der Waals surface area contributed by atoms with Crippen molar-refractivity contribution in [2.75, 3.05) is 20.2 Å². The van der Waals surface area contributed by atoms with Gasteiger partial charge in [-0.25, -0.2) is 9.97 Å². The fraction of sp³-hybridized carbons (Fsp3) is 0.400. The highest BCUT2D eigenvalue weighted by Crippen LogP contribution is 2.24. The summed E-state index contributed by atoms with van der Waals surface area (Å²) >= 11 is 0. The van der Waals surface area contributed by atoms with Gasteiger partial charge in [-0.2, -0.15) is 0 Å². The standard InChI is InChI=1S/C15H17N3O4/c1-20-13-14(17-7-6-16-13)22-11-4-2-8-18(10-11)15(19)12-5-3-9-21-12/h3,5-7,9,11H,2,4,8,10H2,1H3. The third-order valence-electron chi connectivity index (χ3n) is 3.50. The number of aromatic nitrogens is 2. The number of methoxy groups -OCH3 is 1. The molecule has 1 saturated heterocycles. The van der Waals surface area contributed by atoms with Gasteiger partial charge in [-0.3, -0.25) is 4.79 Å². The number of piperidine rings is 1. The Kier molecular flexibility index (Phi) is 4.22. The van der Waals surface area contributed by atoms with E-state index in [-0.39, 0.29) is 12.0 Å². The highest BCUT2D eigenvalue weighted by molar-refractivity contribution is 5.91. The molecule has 0 radical (unpaired) electrons. The molecule has 0 N–H and O–H groups in total. The molecule has 1 aliphatic rings. The van der Waals surface area contributed by atoms with Crippen LogP contribution in [0.15, 0.2) is 35.2 Å². The van der Waals surface area contributed by atoms with Gasteiger partial charge in [0.1, 0.15) is 6.10 Å². The third kappa shape index (κ3) is 3.03. The second kappa shape index (κ2) is 6.46. The van der Waals surface area contributed by atoms with Crippen LogP contribution in [0.5, 0.6) is 11.8 Å². The van der Waals surface area contributed by atoms with Crippen molar-refractivity contribution in [1.82, 2.24) is 14.9 Å². The van der Waals surface area contributed by atoms with E-state index in [1.165, 1.54) is 13.4 Å². The van der Waals surface area contributed by atoms with E-state index in [4.69, 9.17) is 13.9 Å². The summed E-state index contributed by atoms with van der Waals surface area (Å²) in [5, 5.41) is 0. The van der Waals surface area contributed by atoms with Crippen molar-refractivity contribution in [2.24, 2.45) is 0 Å². The first kappa shape index (κ1) is 14.4. The Hall–Kier alpha value is -2.57. The van der Waals surface area contributed by atoms with Crippen molar-refractivity contribution in [3.05, 3.63) is 36.5 Å². The van der Waals surface area contributed by atoms with Gasteiger partial charge >= 0.3 is 0 Å². The summed E-state index contributed by atoms with van der Waals surface area (Å²) in [6, 6.07) is 3.37. The minimum atomic E-state index is -0.140. The van der Waals surface area contributed by atoms with Crippen molar-refractivity contribution in [3.8, 4) is 11.8 Å². The van der Waals surface area contributed by atoms with Crippen LogP contribution in [0, 0.1) is 0 Å². The van der Waals surface area contributed by atoms with E-state index in [0.29, 0.717) is 30.6 Å². The minimum absolute atomic E-state index is 0.121. The maximum atomic E-state index is 12.3. The van der Waals surface area contributed by atoms with Gasteiger partial charge in [0.25, 0.3) is 17.7 Å². The molecule has 3 rings (SSSR count). The van der Waals surface area contributed by atoms with Gasteiger partial charge in [-0.1, -0.05) is 0 Å². The summed E-state index contributed by atoms with van der Waals surface area (Å²) in [4.78, 5) is 22.2. The van der Waals surface area contributed by atoms with E-state index < -0.39 is 0 Å². The number of carbonyl (C=O) groups excluding carboxylic acids is 1. The van der Waals surface area contributed by atoms with E-state index in [1.54, 1.807) is 29.4 Å². The number of hydrogen-bond acceptors (Lipinski definition) is 6. The smallest absolute Gasteiger partial charge is 0.289 e. The van der Waals surface area contributed by atoms with Crippen LogP contribution in [-0.4, -0.2) is 47.1 Å². The molecule has 3 heterocycles. The zero-order chi connectivity index (χ0) is 15.4. The Bertz CT molecular complexity index is 629. The predicted octanol–water partition coefficient (Wildman–Crippen LogP) is 1.76. The van der Waals surface area contributed by atoms with E-state index in [0.717, 1.165) is 12.8 Å². The molecule has 7 nitrogen and oxygen atoms in total. The Balaban J connectivity index is 1.67. The van der Waals surface area contributed by atoms with Gasteiger partial charge in [-0.15, -0.1) is 0 Å². The molecule has 1 fully saturated rings. The van der Waals surface area contributed by atoms with Crippen LogP contribution >= 0.6 is 0 Å². The number of amides is 1. The molecule has 0 bridgehead atoms. The first-order valence-electron chi connectivity index (χ1n) is 7.12. The van der Waals surface area contributed by atoms with Gasteiger partial charge in [-0.05, 0) is 25.0 Å². The third-order valence-corrected chi connectivity index (χ3v) is 3.50. The summed E-state index contributed by atoms with van der Waals surface area (Å²) < 4.78 is 16.1. The highest BCUT2D eigenvalue weighted by Gasteiger charge is 2.27. The van der Waals surface area contributed by atoms with Crippen molar-refractivity contribution in [1.29, 1.82) is 0 Å². The number of ether oxygens (including phenoxy) is 2. The van der Waals surface area contributed by atoms with Crippen LogP contribution in [0.4, 0.5) is 0 Å². The van der Waals surface area contributed by atoms with Crippen LogP contribution in [0.3, 0.4) is 0 Å². The Labute approximate surface area is 127 Å². The summed E-state index contributed by atoms with van der Waals surface area (Å²) in [5.41, 5.74) is 0. The number of furan rings is 1. The van der Waals surface area contributed by atoms with Crippen LogP contribution in [0.2, 0.25) is 0 Å². The number of hydrogen-bond donors (Lipinski definition) is 0. The first-order valence-corrected chi connectivity index (χ1v) is 7.12. The highest BCUT2D eigenvalue weighted by atomic mass is 16.5. The molecule has 1 amide bonds. The maximum Gasteiger partial charge on any atom is 0.289 e. The van der Waals surface area contributed by atoms with Gasteiger partial charge in [0, 0.05) is 18.9 Å². The summed E-state index contributed by atoms with van der Waals surface area (Å²) in [5.74, 6) is 0.918. The molecule has 2 aromatic rings. The first-order chi connectivity index (χ1) is 10.8. The van der Waals surface area contributed by atoms with E-state index >= 15 is 0 Å². The molecule has 2 aromatic heterocycles. The Morgan fingerprint density at radius 3 is 2.91 bits per heavy atom. The largest absolute Gasteiger partial charge is 0.477 e. The molecule has 116 valence electrons. The molecule has 0 aliphatic carbocycles. The predicted molar refractivity (Wildman–Crippen MR) is 76.8 cm³/mol. The lowest BCUT2D eigenvalue weighted by Crippen LogP contribution is -2.44. The normalized spacial score (nSPS) is 18.0. The zero-order valence-electron chi connectivity index (χ0n) is 12.3. The van der Waals surface area contributed by atoms with Gasteiger partial charge in [0.15, 0.2) is 5.76 Å². The summed E-state index contributed by atoms with van der Waals surface area (Å²) in [7, 11) is 1.52. The van der Waals surface area contributed by atoms with Gasteiger partial charge < -0.3 is 18.8 Å². The molecule has 22 heavy (non-hydrogen) atoms. The molecular formula is C15H17N3O4. The lowest BCUT2D eigenvalue weighted by molar-refractivity contribution is 0.0492. The van der Waals surface area contributed by atoms with Crippen LogP contribution < -0.4 is 9.47 Å². The quantitative estimate of drug-likeness (QED) is 0.856. The second-order valence-corrected chi connectivity index (χ2v) is 4.98. The Morgan fingerprint density at radius 2 is 2.18 bits per heavy atom. The average molecular weight is 303 g/mol. The Morgan fingerprint density at radius 1 is 1.36 bits per heavy atom. The number of nitrogens with zero attached hydrogens (tertiary/aromatic N) is 3. The lowest BCUT2D eigenvalue weighted by atomic mass is 10.1. The van der Waals surface area contributed by atoms with Crippen LogP contribution in [0.25, 0.3) is 0 Å². The fourth-order valence-electron chi connectivity index (χ4n) is 2.47. The fourth-order valence-corrected chi connectivity index (χ4v) is 2.47. The molecule has 0 spiro atoms. The van der Waals surface area contributed by atoms with Crippen molar-refractivity contribution < 1.29 is 18.7 Å². The van der Waals surface area contributed by atoms with Crippen molar-refractivity contribution in [3.63, 3.8) is 0 Å². The SMILES string of the molecule is COc1nccnc1OC1CCCN(C(=O)c2ccco2)C1. The molecule has 1 atom stereocenters. The molecule has 7 heteroatoms. The van der Waals surface area contributed by atoms with E-state index in [9.17, 15) is 4.79 Å². The summed E-state index contributed by atoms with van der Waals surface area (Å²) in [6.07, 6.45) is 6.15. The lowest BCUT2D eigenvalue weighted by Gasteiger charge is -2.32. The van der Waals surface area contributed by atoms with Crippen LogP contribution in [0.1, 0.15) is 23.4 Å². The number of rotatable bonds is 4. The molecule has 1 unspecified atom stereocenters. The van der Waals surface area contributed by atoms with E-state index in [2.05, 4.69) is 9.97 Å². The maximum absolute atomic E-state index is 12.3. The molecule has 0 aromatic carbocycles.